The molecule has 0 aliphatic heterocycles. The highest BCUT2D eigenvalue weighted by molar-refractivity contribution is 6.35. The van der Waals surface area contributed by atoms with E-state index in [1.165, 1.54) is 6.21 Å². The smallest absolute Gasteiger partial charge is 0.329 e. The number of methoxy groups -OCH3 is 2. The molecule has 39 heavy (non-hydrogen) atoms. The molecular weight excluding hydrogens is 500 g/mol. The Bertz CT molecular complexity index is 1360. The van der Waals surface area contributed by atoms with Gasteiger partial charge in [0.1, 0.15) is 5.75 Å². The topological polar surface area (TPSA) is 127 Å². The van der Waals surface area contributed by atoms with Crippen LogP contribution in [0.5, 0.6) is 17.2 Å². The number of ether oxygens (including phenoxy) is 3. The quantitative estimate of drug-likeness (QED) is 0.198. The molecule has 0 spiro atoms. The standard InChI is InChI=1S/C29H32N4O6/c1-19-9-11-23(15-20(19)2)32-27(34)18-39-24-8-6-5-7-22(24)17-31-33-29(36)28(35)30-14-13-21-10-12-25(37-3)26(16-21)38-4/h5-12,15-17H,13-14,18H2,1-4H3,(H,30,35)(H,32,34)(H,33,36)/b31-17-. The number of hydrogen-bond donors (Lipinski definition) is 3. The highest BCUT2D eigenvalue weighted by Crippen LogP contribution is 2.27. The Balaban J connectivity index is 1.46. The molecule has 3 aromatic carbocycles. The number of para-hydroxylation sites is 1. The minimum Gasteiger partial charge on any atom is -0.493 e. The summed E-state index contributed by atoms with van der Waals surface area (Å²) in [5.74, 6) is -0.465. The molecule has 0 saturated heterocycles. The van der Waals surface area contributed by atoms with Crippen LogP contribution in [0.4, 0.5) is 5.69 Å². The van der Waals surface area contributed by atoms with Crippen molar-refractivity contribution in [3.63, 3.8) is 0 Å². The van der Waals surface area contributed by atoms with E-state index in [1.807, 2.05) is 44.2 Å². The number of benzene rings is 3. The van der Waals surface area contributed by atoms with Gasteiger partial charge in [0.2, 0.25) is 0 Å². The summed E-state index contributed by atoms with van der Waals surface area (Å²) in [7, 11) is 3.10. The first-order valence-corrected chi connectivity index (χ1v) is 12.2. The molecule has 3 rings (SSSR count). The Hall–Kier alpha value is -4.86. The van der Waals surface area contributed by atoms with Gasteiger partial charge < -0.3 is 24.8 Å². The average Bonchev–Trinajstić information content (AvgIpc) is 2.94. The largest absolute Gasteiger partial charge is 0.493 e. The van der Waals surface area contributed by atoms with Crippen LogP contribution in [0.2, 0.25) is 0 Å². The molecule has 10 heteroatoms. The van der Waals surface area contributed by atoms with Crippen LogP contribution >= 0.6 is 0 Å². The maximum absolute atomic E-state index is 12.3. The summed E-state index contributed by atoms with van der Waals surface area (Å²) in [4.78, 5) is 36.6. The molecule has 3 N–H and O–H groups in total. The highest BCUT2D eigenvalue weighted by atomic mass is 16.5. The molecule has 0 aromatic heterocycles. The van der Waals surface area contributed by atoms with Gasteiger partial charge in [-0.25, -0.2) is 5.43 Å². The predicted molar refractivity (Wildman–Crippen MR) is 148 cm³/mol. The number of anilines is 1. The SMILES string of the molecule is COc1ccc(CCNC(=O)C(=O)N/N=C\c2ccccc2OCC(=O)Nc2ccc(C)c(C)c2)cc1OC. The number of carbonyl (C=O) groups excluding carboxylic acids is 3. The maximum atomic E-state index is 12.3. The first-order valence-electron chi connectivity index (χ1n) is 12.2. The number of hydrogen-bond acceptors (Lipinski definition) is 7. The summed E-state index contributed by atoms with van der Waals surface area (Å²) in [6.45, 7) is 4.00. The van der Waals surface area contributed by atoms with E-state index in [2.05, 4.69) is 21.2 Å². The first-order chi connectivity index (χ1) is 18.8. The van der Waals surface area contributed by atoms with Crippen LogP contribution in [0.15, 0.2) is 65.8 Å². The average molecular weight is 533 g/mol. The third-order valence-corrected chi connectivity index (χ3v) is 5.79. The zero-order chi connectivity index (χ0) is 28.2. The lowest BCUT2D eigenvalue weighted by molar-refractivity contribution is -0.139. The van der Waals surface area contributed by atoms with Gasteiger partial charge in [-0.15, -0.1) is 0 Å². The molecule has 0 aliphatic carbocycles. The molecule has 3 amide bonds. The minimum atomic E-state index is -0.912. The summed E-state index contributed by atoms with van der Waals surface area (Å²) in [5.41, 5.74) is 6.52. The molecule has 0 heterocycles. The minimum absolute atomic E-state index is 0.216. The summed E-state index contributed by atoms with van der Waals surface area (Å²) >= 11 is 0. The van der Waals surface area contributed by atoms with Crippen LogP contribution in [-0.4, -0.2) is 51.3 Å². The fraction of sp³-hybridized carbons (Fsp3) is 0.241. The fourth-order valence-electron chi connectivity index (χ4n) is 3.53. The summed E-state index contributed by atoms with van der Waals surface area (Å²) < 4.78 is 16.1. The monoisotopic (exact) mass is 532 g/mol. The van der Waals surface area contributed by atoms with Crippen molar-refractivity contribution in [1.82, 2.24) is 10.7 Å². The molecule has 0 unspecified atom stereocenters. The molecule has 3 aromatic rings. The zero-order valence-electron chi connectivity index (χ0n) is 22.4. The molecule has 0 atom stereocenters. The lowest BCUT2D eigenvalue weighted by Crippen LogP contribution is -2.38. The van der Waals surface area contributed by atoms with Gasteiger partial charge in [0.25, 0.3) is 5.91 Å². The van der Waals surface area contributed by atoms with Crippen LogP contribution in [0.1, 0.15) is 22.3 Å². The van der Waals surface area contributed by atoms with Gasteiger partial charge in [-0.2, -0.15) is 5.10 Å². The molecule has 204 valence electrons. The Morgan fingerprint density at radius 3 is 2.36 bits per heavy atom. The second-order valence-electron chi connectivity index (χ2n) is 8.57. The van der Waals surface area contributed by atoms with Crippen molar-refractivity contribution >= 4 is 29.6 Å². The van der Waals surface area contributed by atoms with Crippen LogP contribution in [0.3, 0.4) is 0 Å². The fourth-order valence-corrected chi connectivity index (χ4v) is 3.53. The number of nitrogens with zero attached hydrogens (tertiary/aromatic N) is 1. The van der Waals surface area contributed by atoms with E-state index in [0.717, 1.165) is 16.7 Å². The van der Waals surface area contributed by atoms with E-state index in [-0.39, 0.29) is 19.1 Å². The normalized spacial score (nSPS) is 10.6. The molecule has 0 bridgehead atoms. The predicted octanol–water partition coefficient (Wildman–Crippen LogP) is 3.15. The lowest BCUT2D eigenvalue weighted by Gasteiger charge is -2.10. The van der Waals surface area contributed by atoms with Gasteiger partial charge in [-0.05, 0) is 73.4 Å². The number of nitrogens with one attached hydrogen (secondary N) is 3. The molecule has 0 saturated carbocycles. The van der Waals surface area contributed by atoms with Gasteiger partial charge in [-0.1, -0.05) is 24.3 Å². The third-order valence-electron chi connectivity index (χ3n) is 5.79. The van der Waals surface area contributed by atoms with E-state index in [9.17, 15) is 14.4 Å². The molecule has 10 nitrogen and oxygen atoms in total. The van der Waals surface area contributed by atoms with Crippen LogP contribution in [-0.2, 0) is 20.8 Å². The van der Waals surface area contributed by atoms with Crippen molar-refractivity contribution in [2.24, 2.45) is 5.10 Å². The van der Waals surface area contributed by atoms with Crippen LogP contribution in [0.25, 0.3) is 0 Å². The van der Waals surface area contributed by atoms with Crippen molar-refractivity contribution in [3.8, 4) is 17.2 Å². The zero-order valence-corrected chi connectivity index (χ0v) is 22.4. The number of carbonyl (C=O) groups is 3. The van der Waals surface area contributed by atoms with Crippen molar-refractivity contribution in [1.29, 1.82) is 0 Å². The Kier molecular flexibility index (Phi) is 10.4. The van der Waals surface area contributed by atoms with Gasteiger partial charge >= 0.3 is 11.8 Å². The van der Waals surface area contributed by atoms with Gasteiger partial charge in [0.15, 0.2) is 18.1 Å². The third kappa shape index (κ3) is 8.60. The number of aryl methyl sites for hydroxylation is 2. The maximum Gasteiger partial charge on any atom is 0.329 e. The first kappa shape index (κ1) is 28.7. The van der Waals surface area contributed by atoms with Gasteiger partial charge in [0, 0.05) is 17.8 Å². The summed E-state index contributed by atoms with van der Waals surface area (Å²) in [6.07, 6.45) is 1.83. The Morgan fingerprint density at radius 2 is 1.62 bits per heavy atom. The molecule has 0 radical (unpaired) electrons. The second kappa shape index (κ2) is 14.2. The van der Waals surface area contributed by atoms with Gasteiger partial charge in [-0.3, -0.25) is 14.4 Å². The Labute approximate surface area is 227 Å². The molecule has 0 fully saturated rings. The van der Waals surface area contributed by atoms with Crippen LogP contribution in [0, 0.1) is 13.8 Å². The summed E-state index contributed by atoms with van der Waals surface area (Å²) in [6, 6.07) is 18.0. The van der Waals surface area contributed by atoms with Crippen molar-refractivity contribution in [2.75, 3.05) is 32.7 Å². The van der Waals surface area contributed by atoms with Crippen molar-refractivity contribution in [3.05, 3.63) is 82.9 Å². The second-order valence-corrected chi connectivity index (χ2v) is 8.57. The lowest BCUT2D eigenvalue weighted by atomic mass is 10.1. The number of rotatable bonds is 11. The number of hydrazone groups is 1. The highest BCUT2D eigenvalue weighted by Gasteiger charge is 2.13. The van der Waals surface area contributed by atoms with Crippen LogP contribution < -0.4 is 30.3 Å². The van der Waals surface area contributed by atoms with Crippen molar-refractivity contribution in [2.45, 2.75) is 20.3 Å². The van der Waals surface area contributed by atoms with Crippen molar-refractivity contribution < 1.29 is 28.6 Å². The summed E-state index contributed by atoms with van der Waals surface area (Å²) in [5, 5.41) is 9.20. The van der Waals surface area contributed by atoms with Gasteiger partial charge in [0.05, 0.1) is 20.4 Å². The van der Waals surface area contributed by atoms with E-state index >= 15 is 0 Å². The molecular formula is C29H32N4O6. The number of amides is 3. The Morgan fingerprint density at radius 1 is 0.846 bits per heavy atom. The molecule has 0 aliphatic rings. The van der Waals surface area contributed by atoms with E-state index in [0.29, 0.717) is 34.9 Å². The van der Waals surface area contributed by atoms with E-state index in [4.69, 9.17) is 14.2 Å². The van der Waals surface area contributed by atoms with E-state index < -0.39 is 11.8 Å². The van der Waals surface area contributed by atoms with E-state index in [1.54, 1.807) is 44.6 Å².